The molecule has 5 nitrogen and oxygen atoms in total. The summed E-state index contributed by atoms with van der Waals surface area (Å²) >= 11 is 1.49. The summed E-state index contributed by atoms with van der Waals surface area (Å²) in [6.07, 6.45) is 2.42. The van der Waals surface area contributed by atoms with E-state index in [4.69, 9.17) is 0 Å². The highest BCUT2D eigenvalue weighted by Gasteiger charge is 2.31. The molecule has 1 fully saturated rings. The van der Waals surface area contributed by atoms with E-state index >= 15 is 0 Å². The lowest BCUT2D eigenvalue weighted by atomic mass is 10.1. The average Bonchev–Trinajstić information content (AvgIpc) is 3.09. The van der Waals surface area contributed by atoms with Crippen molar-refractivity contribution in [3.63, 3.8) is 0 Å². The van der Waals surface area contributed by atoms with Gasteiger partial charge in [0, 0.05) is 18.0 Å². The summed E-state index contributed by atoms with van der Waals surface area (Å²) in [5, 5.41) is 12.2. The highest BCUT2D eigenvalue weighted by Crippen LogP contribution is 2.40. The van der Waals surface area contributed by atoms with Gasteiger partial charge in [-0.2, -0.15) is 0 Å². The van der Waals surface area contributed by atoms with Crippen molar-refractivity contribution in [2.75, 3.05) is 0 Å². The van der Waals surface area contributed by atoms with Gasteiger partial charge in [-0.3, -0.25) is 4.79 Å². The van der Waals surface area contributed by atoms with E-state index in [9.17, 15) is 4.79 Å². The van der Waals surface area contributed by atoms with Crippen LogP contribution < -0.4 is 5.32 Å². The predicted molar refractivity (Wildman–Crippen MR) is 80.9 cm³/mol. The third kappa shape index (κ3) is 3.75. The van der Waals surface area contributed by atoms with E-state index in [2.05, 4.69) is 27.0 Å². The van der Waals surface area contributed by atoms with Gasteiger partial charge in [0.1, 0.15) is 5.82 Å². The third-order valence-electron chi connectivity index (χ3n) is 3.15. The number of nitrogens with zero attached hydrogens (tertiary/aromatic N) is 3. The fourth-order valence-corrected chi connectivity index (χ4v) is 2.93. The first-order valence-electron chi connectivity index (χ1n) is 7.23. The number of nitrogens with one attached hydrogen (secondary N) is 1. The van der Waals surface area contributed by atoms with Crippen molar-refractivity contribution in [2.45, 2.75) is 75.9 Å². The van der Waals surface area contributed by atoms with Crippen LogP contribution in [-0.2, 0) is 11.3 Å². The number of hydrogen-bond donors (Lipinski definition) is 1. The lowest BCUT2D eigenvalue weighted by molar-refractivity contribution is -0.121. The second-order valence-corrected chi connectivity index (χ2v) is 7.67. The molecule has 1 N–H and O–H groups in total. The Kier molecular flexibility index (Phi) is 4.42. The quantitative estimate of drug-likeness (QED) is 0.848. The molecular formula is C14H24N4OS. The van der Waals surface area contributed by atoms with Crippen LogP contribution >= 0.6 is 11.8 Å². The topological polar surface area (TPSA) is 59.8 Å². The molecule has 1 aliphatic carbocycles. The van der Waals surface area contributed by atoms with Gasteiger partial charge >= 0.3 is 0 Å². The molecule has 0 aromatic carbocycles. The maximum atomic E-state index is 12.1. The van der Waals surface area contributed by atoms with E-state index in [0.717, 1.165) is 17.5 Å². The molecule has 1 atom stereocenters. The normalized spacial score (nSPS) is 17.1. The van der Waals surface area contributed by atoms with E-state index < -0.39 is 0 Å². The first-order chi connectivity index (χ1) is 9.31. The lowest BCUT2D eigenvalue weighted by Crippen LogP contribution is -2.44. The zero-order chi connectivity index (χ0) is 14.9. The molecule has 1 aromatic rings. The number of aromatic nitrogens is 3. The Labute approximate surface area is 124 Å². The molecule has 1 amide bonds. The predicted octanol–water partition coefficient (Wildman–Crippen LogP) is 2.57. The summed E-state index contributed by atoms with van der Waals surface area (Å²) in [6.45, 7) is 10.8. The first kappa shape index (κ1) is 15.4. The molecule has 112 valence electrons. The first-order valence-corrected chi connectivity index (χ1v) is 8.11. The molecule has 2 rings (SSSR count). The van der Waals surface area contributed by atoms with Crippen molar-refractivity contribution in [1.29, 1.82) is 0 Å². The minimum absolute atomic E-state index is 0.0427. The summed E-state index contributed by atoms with van der Waals surface area (Å²) < 4.78 is 2.14. The molecule has 1 unspecified atom stereocenters. The van der Waals surface area contributed by atoms with E-state index in [-0.39, 0.29) is 16.7 Å². The van der Waals surface area contributed by atoms with Crippen molar-refractivity contribution >= 4 is 17.7 Å². The third-order valence-corrected chi connectivity index (χ3v) is 4.23. The van der Waals surface area contributed by atoms with E-state index in [0.29, 0.717) is 5.92 Å². The van der Waals surface area contributed by atoms with E-state index in [1.54, 1.807) is 0 Å². The molecule has 0 bridgehead atoms. The molecular weight excluding hydrogens is 272 g/mol. The SMILES string of the molecule is CCn1c(SC(C)C(=O)NC(C)(C)C)nnc1C1CC1. The Balaban J connectivity index is 2.04. The van der Waals surface area contributed by atoms with Crippen molar-refractivity contribution in [2.24, 2.45) is 0 Å². The minimum Gasteiger partial charge on any atom is -0.351 e. The number of hydrogen-bond acceptors (Lipinski definition) is 4. The number of carbonyl (C=O) groups excluding carboxylic acids is 1. The van der Waals surface area contributed by atoms with Gasteiger partial charge in [0.2, 0.25) is 5.91 Å². The summed E-state index contributed by atoms with van der Waals surface area (Å²) in [5.41, 5.74) is -0.205. The molecule has 20 heavy (non-hydrogen) atoms. The Morgan fingerprint density at radius 3 is 2.60 bits per heavy atom. The molecule has 1 heterocycles. The molecule has 0 saturated heterocycles. The molecule has 0 aliphatic heterocycles. The van der Waals surface area contributed by atoms with Crippen LogP contribution in [-0.4, -0.2) is 31.5 Å². The molecule has 1 saturated carbocycles. The Bertz CT molecular complexity index is 488. The summed E-state index contributed by atoms with van der Waals surface area (Å²) in [6, 6.07) is 0. The van der Waals surface area contributed by atoms with Gasteiger partial charge in [-0.1, -0.05) is 11.8 Å². The Hall–Kier alpha value is -1.04. The van der Waals surface area contributed by atoms with Crippen molar-refractivity contribution in [3.05, 3.63) is 5.82 Å². The molecule has 1 aliphatic rings. The fraction of sp³-hybridized carbons (Fsp3) is 0.786. The zero-order valence-electron chi connectivity index (χ0n) is 12.9. The standard InChI is InChI=1S/C14H24N4OS/c1-6-18-11(10-7-8-10)16-17-13(18)20-9(2)12(19)15-14(3,4)5/h9-10H,6-8H2,1-5H3,(H,15,19). The summed E-state index contributed by atoms with van der Waals surface area (Å²) in [7, 11) is 0. The van der Waals surface area contributed by atoms with Crippen molar-refractivity contribution in [1.82, 2.24) is 20.1 Å². The van der Waals surface area contributed by atoms with Gasteiger partial charge in [-0.15, -0.1) is 10.2 Å². The average molecular weight is 296 g/mol. The number of thioether (sulfide) groups is 1. The van der Waals surface area contributed by atoms with Crippen LogP contribution in [0.3, 0.4) is 0 Å². The number of amides is 1. The zero-order valence-corrected chi connectivity index (χ0v) is 13.8. The van der Waals surface area contributed by atoms with E-state index in [1.807, 2.05) is 27.7 Å². The molecule has 0 spiro atoms. The van der Waals surface area contributed by atoms with Crippen LogP contribution in [0.5, 0.6) is 0 Å². The fourth-order valence-electron chi connectivity index (χ4n) is 2.01. The monoisotopic (exact) mass is 296 g/mol. The van der Waals surface area contributed by atoms with Gasteiger partial charge in [0.15, 0.2) is 5.16 Å². The maximum absolute atomic E-state index is 12.1. The molecule has 1 aromatic heterocycles. The summed E-state index contributed by atoms with van der Waals surface area (Å²) in [4.78, 5) is 12.1. The smallest absolute Gasteiger partial charge is 0.233 e. The van der Waals surface area contributed by atoms with Gasteiger partial charge in [-0.05, 0) is 47.5 Å². The Morgan fingerprint density at radius 1 is 1.45 bits per heavy atom. The Morgan fingerprint density at radius 2 is 2.10 bits per heavy atom. The highest BCUT2D eigenvalue weighted by atomic mass is 32.2. The van der Waals surface area contributed by atoms with Crippen LogP contribution in [0.2, 0.25) is 0 Å². The van der Waals surface area contributed by atoms with Crippen LogP contribution in [0, 0.1) is 0 Å². The lowest BCUT2D eigenvalue weighted by Gasteiger charge is -2.22. The van der Waals surface area contributed by atoms with Crippen LogP contribution in [0.25, 0.3) is 0 Å². The maximum Gasteiger partial charge on any atom is 0.233 e. The molecule has 0 radical (unpaired) electrons. The highest BCUT2D eigenvalue weighted by molar-refractivity contribution is 8.00. The van der Waals surface area contributed by atoms with Crippen molar-refractivity contribution in [3.8, 4) is 0 Å². The van der Waals surface area contributed by atoms with Crippen LogP contribution in [0.15, 0.2) is 5.16 Å². The van der Waals surface area contributed by atoms with Gasteiger partial charge in [-0.25, -0.2) is 0 Å². The van der Waals surface area contributed by atoms with Crippen LogP contribution in [0.4, 0.5) is 0 Å². The summed E-state index contributed by atoms with van der Waals surface area (Å²) in [5.74, 6) is 1.70. The largest absolute Gasteiger partial charge is 0.351 e. The van der Waals surface area contributed by atoms with Crippen LogP contribution in [0.1, 0.15) is 59.2 Å². The minimum atomic E-state index is -0.205. The second kappa shape index (κ2) is 5.76. The van der Waals surface area contributed by atoms with E-state index in [1.165, 1.54) is 24.6 Å². The number of carbonyl (C=O) groups is 1. The van der Waals surface area contributed by atoms with Gasteiger partial charge in [0.05, 0.1) is 5.25 Å². The second-order valence-electron chi connectivity index (χ2n) is 6.36. The molecule has 6 heteroatoms. The van der Waals surface area contributed by atoms with Crippen molar-refractivity contribution < 1.29 is 4.79 Å². The number of rotatable bonds is 5. The van der Waals surface area contributed by atoms with Gasteiger partial charge in [0.25, 0.3) is 0 Å². The van der Waals surface area contributed by atoms with Gasteiger partial charge < -0.3 is 9.88 Å².